The normalized spacial score (nSPS) is 17.6. The second kappa shape index (κ2) is 7.98. The Morgan fingerprint density at radius 1 is 1.19 bits per heavy atom. The largest absolute Gasteiger partial charge is 0.416 e. The van der Waals surface area contributed by atoms with E-state index >= 15 is 0 Å². The fourth-order valence-electron chi connectivity index (χ4n) is 3.39. The molecule has 144 valence electrons. The molecule has 1 fully saturated rings. The molecule has 3 rings (SSSR count). The van der Waals surface area contributed by atoms with Crippen molar-refractivity contribution in [3.05, 3.63) is 53.9 Å². The molecule has 0 spiro atoms. The predicted molar refractivity (Wildman–Crippen MR) is 98.9 cm³/mol. The van der Waals surface area contributed by atoms with Crippen molar-refractivity contribution >= 4 is 17.3 Å². The molecule has 1 amide bonds. The molecule has 0 radical (unpaired) electrons. The molecule has 1 aromatic heterocycles. The van der Waals surface area contributed by atoms with Crippen molar-refractivity contribution in [2.75, 3.05) is 16.8 Å². The Labute approximate surface area is 156 Å². The standard InChI is InChI=1S/C20H22F3N3O/c1-2-16-5-3-4-12-26(16)17-10-11-18(24-13-17)19(27)25-15-8-6-14(7-9-15)20(21,22)23/h6-11,13,16H,2-5,12H2,1H3,(H,25,27). The van der Waals surface area contributed by atoms with E-state index in [1.807, 2.05) is 6.07 Å². The first-order chi connectivity index (χ1) is 12.9. The smallest absolute Gasteiger partial charge is 0.367 e. The summed E-state index contributed by atoms with van der Waals surface area (Å²) in [4.78, 5) is 18.9. The van der Waals surface area contributed by atoms with Crippen LogP contribution in [0.25, 0.3) is 0 Å². The molecule has 1 aliphatic heterocycles. The van der Waals surface area contributed by atoms with Gasteiger partial charge in [-0.3, -0.25) is 4.79 Å². The number of carbonyl (C=O) groups is 1. The molecule has 1 aromatic carbocycles. The molecule has 7 heteroatoms. The zero-order valence-corrected chi connectivity index (χ0v) is 15.1. The lowest BCUT2D eigenvalue weighted by molar-refractivity contribution is -0.137. The minimum atomic E-state index is -4.40. The minimum absolute atomic E-state index is 0.226. The van der Waals surface area contributed by atoms with Gasteiger partial charge < -0.3 is 10.2 Å². The molecule has 2 heterocycles. The zero-order valence-electron chi connectivity index (χ0n) is 15.1. The van der Waals surface area contributed by atoms with Crippen LogP contribution in [0.3, 0.4) is 0 Å². The molecule has 1 unspecified atom stereocenters. The number of hydrogen-bond acceptors (Lipinski definition) is 3. The monoisotopic (exact) mass is 377 g/mol. The topological polar surface area (TPSA) is 45.2 Å². The molecule has 0 aliphatic carbocycles. The summed E-state index contributed by atoms with van der Waals surface area (Å²) in [6, 6.07) is 8.36. The van der Waals surface area contributed by atoms with Crippen molar-refractivity contribution in [3.8, 4) is 0 Å². The summed E-state index contributed by atoms with van der Waals surface area (Å²) < 4.78 is 37.8. The number of benzene rings is 1. The number of anilines is 2. The second-order valence-corrected chi connectivity index (χ2v) is 6.68. The Morgan fingerprint density at radius 2 is 1.93 bits per heavy atom. The van der Waals surface area contributed by atoms with Crippen LogP contribution in [0.4, 0.5) is 24.5 Å². The van der Waals surface area contributed by atoms with E-state index in [0.29, 0.717) is 11.7 Å². The number of nitrogens with zero attached hydrogens (tertiary/aromatic N) is 2. The van der Waals surface area contributed by atoms with Gasteiger partial charge in [0.05, 0.1) is 17.4 Å². The molecule has 27 heavy (non-hydrogen) atoms. The number of pyridine rings is 1. The van der Waals surface area contributed by atoms with Gasteiger partial charge in [-0.05, 0) is 62.1 Å². The number of aromatic nitrogens is 1. The van der Waals surface area contributed by atoms with Gasteiger partial charge in [-0.15, -0.1) is 0 Å². The third-order valence-electron chi connectivity index (χ3n) is 4.88. The molecular weight excluding hydrogens is 355 g/mol. The van der Waals surface area contributed by atoms with E-state index in [1.54, 1.807) is 12.3 Å². The summed E-state index contributed by atoms with van der Waals surface area (Å²) >= 11 is 0. The zero-order chi connectivity index (χ0) is 19.4. The lowest BCUT2D eigenvalue weighted by Crippen LogP contribution is -2.39. The molecule has 0 bridgehead atoms. The average Bonchev–Trinajstić information content (AvgIpc) is 2.68. The Morgan fingerprint density at radius 3 is 2.52 bits per heavy atom. The van der Waals surface area contributed by atoms with E-state index in [2.05, 4.69) is 22.1 Å². The van der Waals surface area contributed by atoms with E-state index in [-0.39, 0.29) is 5.69 Å². The molecule has 1 N–H and O–H groups in total. The number of rotatable bonds is 4. The Hall–Kier alpha value is -2.57. The molecule has 4 nitrogen and oxygen atoms in total. The van der Waals surface area contributed by atoms with Gasteiger partial charge in [0, 0.05) is 18.3 Å². The lowest BCUT2D eigenvalue weighted by atomic mass is 9.99. The van der Waals surface area contributed by atoms with E-state index in [4.69, 9.17) is 0 Å². The predicted octanol–water partition coefficient (Wildman–Crippen LogP) is 5.12. The van der Waals surface area contributed by atoms with Crippen molar-refractivity contribution in [2.24, 2.45) is 0 Å². The molecule has 0 saturated carbocycles. The highest BCUT2D eigenvalue weighted by Gasteiger charge is 2.30. The number of piperidine rings is 1. The van der Waals surface area contributed by atoms with Crippen molar-refractivity contribution in [2.45, 2.75) is 44.8 Å². The number of alkyl halides is 3. The number of carbonyl (C=O) groups excluding carboxylic acids is 1. The van der Waals surface area contributed by atoms with Gasteiger partial charge in [0.15, 0.2) is 0 Å². The summed E-state index contributed by atoms with van der Waals surface area (Å²) in [5.74, 6) is -0.452. The van der Waals surface area contributed by atoms with Crippen molar-refractivity contribution in [1.82, 2.24) is 4.98 Å². The van der Waals surface area contributed by atoms with Crippen molar-refractivity contribution in [1.29, 1.82) is 0 Å². The van der Waals surface area contributed by atoms with Crippen LogP contribution in [0.15, 0.2) is 42.6 Å². The van der Waals surface area contributed by atoms with Crippen LogP contribution in [0.1, 0.15) is 48.7 Å². The fraction of sp³-hybridized carbons (Fsp3) is 0.400. The summed E-state index contributed by atoms with van der Waals surface area (Å²) in [5.41, 5.74) is 0.757. The van der Waals surface area contributed by atoms with E-state index in [1.165, 1.54) is 18.6 Å². The van der Waals surface area contributed by atoms with Gasteiger partial charge in [0.2, 0.25) is 0 Å². The summed E-state index contributed by atoms with van der Waals surface area (Å²) in [6.45, 7) is 3.15. The van der Waals surface area contributed by atoms with Crippen LogP contribution < -0.4 is 10.2 Å². The average molecular weight is 377 g/mol. The van der Waals surface area contributed by atoms with Gasteiger partial charge in [-0.25, -0.2) is 4.98 Å². The first kappa shape index (κ1) is 19.2. The van der Waals surface area contributed by atoms with Crippen molar-refractivity contribution in [3.63, 3.8) is 0 Å². The summed E-state index contributed by atoms with van der Waals surface area (Å²) in [7, 11) is 0. The minimum Gasteiger partial charge on any atom is -0.367 e. The van der Waals surface area contributed by atoms with Crippen LogP contribution in [0.5, 0.6) is 0 Å². The third-order valence-corrected chi connectivity index (χ3v) is 4.88. The Bertz CT molecular complexity index is 773. The SMILES string of the molecule is CCC1CCCCN1c1ccc(C(=O)Nc2ccc(C(F)(F)F)cc2)nc1. The quantitative estimate of drug-likeness (QED) is 0.804. The van der Waals surface area contributed by atoms with Gasteiger partial charge in [-0.2, -0.15) is 13.2 Å². The molecule has 1 atom stereocenters. The summed E-state index contributed by atoms with van der Waals surface area (Å²) in [6.07, 6.45) is 1.89. The fourth-order valence-corrected chi connectivity index (χ4v) is 3.39. The van der Waals surface area contributed by atoms with Crippen molar-refractivity contribution < 1.29 is 18.0 Å². The van der Waals surface area contributed by atoms with Crippen LogP contribution in [-0.2, 0) is 6.18 Å². The van der Waals surface area contributed by atoms with E-state index < -0.39 is 17.6 Å². The Kier molecular flexibility index (Phi) is 5.68. The van der Waals surface area contributed by atoms with Gasteiger partial charge >= 0.3 is 6.18 Å². The number of nitrogens with one attached hydrogen (secondary N) is 1. The highest BCUT2D eigenvalue weighted by Crippen LogP contribution is 2.30. The molecule has 1 saturated heterocycles. The van der Waals surface area contributed by atoms with Crippen LogP contribution in [0, 0.1) is 0 Å². The van der Waals surface area contributed by atoms with E-state index in [9.17, 15) is 18.0 Å². The maximum absolute atomic E-state index is 12.6. The Balaban J connectivity index is 1.67. The van der Waals surface area contributed by atoms with Crippen LogP contribution in [0.2, 0.25) is 0 Å². The maximum Gasteiger partial charge on any atom is 0.416 e. The first-order valence-electron chi connectivity index (χ1n) is 9.10. The first-order valence-corrected chi connectivity index (χ1v) is 9.10. The highest BCUT2D eigenvalue weighted by atomic mass is 19.4. The van der Waals surface area contributed by atoms with Gasteiger partial charge in [-0.1, -0.05) is 6.92 Å². The number of halogens is 3. The second-order valence-electron chi connectivity index (χ2n) is 6.68. The van der Waals surface area contributed by atoms with Gasteiger partial charge in [0.25, 0.3) is 5.91 Å². The molecular formula is C20H22F3N3O. The highest BCUT2D eigenvalue weighted by molar-refractivity contribution is 6.02. The number of hydrogen-bond donors (Lipinski definition) is 1. The van der Waals surface area contributed by atoms with Crippen LogP contribution >= 0.6 is 0 Å². The van der Waals surface area contributed by atoms with Gasteiger partial charge in [0.1, 0.15) is 5.69 Å². The van der Waals surface area contributed by atoms with Crippen LogP contribution in [-0.4, -0.2) is 23.5 Å². The lowest BCUT2D eigenvalue weighted by Gasteiger charge is -2.37. The summed E-state index contributed by atoms with van der Waals surface area (Å²) in [5, 5.41) is 2.57. The number of amides is 1. The molecule has 2 aromatic rings. The third kappa shape index (κ3) is 4.59. The van der Waals surface area contributed by atoms with E-state index in [0.717, 1.165) is 43.6 Å². The maximum atomic E-state index is 12.6. The molecule has 1 aliphatic rings.